The average Bonchev–Trinajstić information content (AvgIpc) is 2.91. The van der Waals surface area contributed by atoms with Crippen molar-refractivity contribution >= 4 is 17.6 Å². The maximum absolute atomic E-state index is 11.3. The van der Waals surface area contributed by atoms with E-state index in [0.29, 0.717) is 24.5 Å². The fourth-order valence-electron chi connectivity index (χ4n) is 2.35. The van der Waals surface area contributed by atoms with Crippen LogP contribution >= 0.6 is 11.6 Å². The van der Waals surface area contributed by atoms with Crippen LogP contribution < -0.4 is 4.74 Å². The third-order valence-electron chi connectivity index (χ3n) is 3.42. The first-order valence-corrected chi connectivity index (χ1v) is 5.70. The number of halogens is 1. The third-order valence-corrected chi connectivity index (χ3v) is 3.64. The Kier molecular flexibility index (Phi) is 1.96. The van der Waals surface area contributed by atoms with Crippen LogP contribution in [-0.4, -0.2) is 17.7 Å². The minimum Gasteiger partial charge on any atom is -0.493 e. The maximum Gasteiger partial charge on any atom is 0.314 e. The molecule has 1 heterocycles. The Morgan fingerprint density at radius 2 is 2.19 bits per heavy atom. The fourth-order valence-corrected chi connectivity index (χ4v) is 2.59. The summed E-state index contributed by atoms with van der Waals surface area (Å²) in [6.45, 7) is 0.623. The van der Waals surface area contributed by atoms with Crippen LogP contribution in [0.4, 0.5) is 0 Å². The highest BCUT2D eigenvalue weighted by molar-refractivity contribution is 6.30. The van der Waals surface area contributed by atoms with E-state index < -0.39 is 11.4 Å². The third kappa shape index (κ3) is 1.24. The van der Waals surface area contributed by atoms with Gasteiger partial charge in [-0.2, -0.15) is 0 Å². The molecule has 0 atom stereocenters. The van der Waals surface area contributed by atoms with Crippen LogP contribution in [-0.2, 0) is 16.6 Å². The lowest BCUT2D eigenvalue weighted by Gasteiger charge is -2.14. The maximum atomic E-state index is 11.3. The van der Waals surface area contributed by atoms with Gasteiger partial charge in [-0.05, 0) is 30.5 Å². The van der Waals surface area contributed by atoms with Gasteiger partial charge in [0.05, 0.1) is 12.0 Å². The summed E-state index contributed by atoms with van der Waals surface area (Å²) in [6, 6.07) is 3.61. The normalized spacial score (nSPS) is 20.1. The Hall–Kier alpha value is -1.22. The SMILES string of the molecule is O=C(O)C1(c2cc(Cl)cc3c2OCC3)CC1. The lowest BCUT2D eigenvalue weighted by molar-refractivity contribution is -0.140. The van der Waals surface area contributed by atoms with Crippen LogP contribution in [0, 0.1) is 0 Å². The number of aliphatic carboxylic acids is 1. The second-order valence-corrected chi connectivity index (χ2v) is 4.86. The largest absolute Gasteiger partial charge is 0.493 e. The minimum absolute atomic E-state index is 0.603. The summed E-state index contributed by atoms with van der Waals surface area (Å²) in [6.07, 6.45) is 2.18. The van der Waals surface area contributed by atoms with Gasteiger partial charge in [-0.3, -0.25) is 4.79 Å². The highest BCUT2D eigenvalue weighted by Gasteiger charge is 2.54. The standard InChI is InChI=1S/C12H11ClO3/c13-8-5-7-1-4-16-10(7)9(6-8)12(2-3-12)11(14)15/h5-6H,1-4H2,(H,14,15). The molecule has 1 aromatic rings. The number of carbonyl (C=O) groups is 1. The van der Waals surface area contributed by atoms with Gasteiger partial charge in [-0.25, -0.2) is 0 Å². The van der Waals surface area contributed by atoms with E-state index in [1.165, 1.54) is 0 Å². The van der Waals surface area contributed by atoms with Crippen molar-refractivity contribution in [3.05, 3.63) is 28.3 Å². The molecular weight excluding hydrogens is 228 g/mol. The summed E-state index contributed by atoms with van der Waals surface area (Å²) < 4.78 is 5.54. The van der Waals surface area contributed by atoms with Crippen molar-refractivity contribution in [3.8, 4) is 5.75 Å². The van der Waals surface area contributed by atoms with Gasteiger partial charge in [-0.1, -0.05) is 11.6 Å². The molecule has 0 spiro atoms. The lowest BCUT2D eigenvalue weighted by Crippen LogP contribution is -2.20. The molecular formula is C12H11ClO3. The summed E-state index contributed by atoms with van der Waals surface area (Å²) in [5.41, 5.74) is 1.06. The number of fused-ring (bicyclic) bond motifs is 1. The summed E-state index contributed by atoms with van der Waals surface area (Å²) in [4.78, 5) is 11.3. The monoisotopic (exact) mass is 238 g/mol. The first kappa shape index (κ1) is 9.97. The molecule has 1 N–H and O–H groups in total. The molecule has 1 aliphatic heterocycles. The van der Waals surface area contributed by atoms with Crippen molar-refractivity contribution in [1.29, 1.82) is 0 Å². The van der Waals surface area contributed by atoms with Crippen LogP contribution in [0.1, 0.15) is 24.0 Å². The molecule has 0 bridgehead atoms. The minimum atomic E-state index is -0.771. The molecule has 0 radical (unpaired) electrons. The van der Waals surface area contributed by atoms with Crippen LogP contribution in [0.2, 0.25) is 5.02 Å². The van der Waals surface area contributed by atoms with Crippen molar-refractivity contribution in [1.82, 2.24) is 0 Å². The lowest BCUT2D eigenvalue weighted by atomic mass is 9.93. The second-order valence-electron chi connectivity index (χ2n) is 4.43. The molecule has 1 aromatic carbocycles. The second kappa shape index (κ2) is 3.14. The van der Waals surface area contributed by atoms with E-state index >= 15 is 0 Å². The first-order chi connectivity index (χ1) is 7.63. The van der Waals surface area contributed by atoms with Crippen LogP contribution in [0.5, 0.6) is 5.75 Å². The van der Waals surface area contributed by atoms with Gasteiger partial charge in [0, 0.05) is 17.0 Å². The molecule has 1 aliphatic carbocycles. The van der Waals surface area contributed by atoms with Gasteiger partial charge in [-0.15, -0.1) is 0 Å². The Morgan fingerprint density at radius 3 is 2.81 bits per heavy atom. The van der Waals surface area contributed by atoms with Crippen molar-refractivity contribution in [2.24, 2.45) is 0 Å². The van der Waals surface area contributed by atoms with Gasteiger partial charge in [0.1, 0.15) is 5.75 Å². The zero-order chi connectivity index (χ0) is 11.3. The quantitative estimate of drug-likeness (QED) is 0.861. The predicted molar refractivity (Wildman–Crippen MR) is 59.2 cm³/mol. The van der Waals surface area contributed by atoms with Gasteiger partial charge < -0.3 is 9.84 Å². The highest BCUT2D eigenvalue weighted by Crippen LogP contribution is 2.53. The molecule has 0 unspecified atom stereocenters. The summed E-state index contributed by atoms with van der Waals surface area (Å²) in [5.74, 6) is -0.0169. The average molecular weight is 239 g/mol. The number of carboxylic acid groups (broad SMARTS) is 1. The van der Waals surface area contributed by atoms with E-state index in [1.54, 1.807) is 6.07 Å². The first-order valence-electron chi connectivity index (χ1n) is 5.32. The van der Waals surface area contributed by atoms with Crippen LogP contribution in [0.25, 0.3) is 0 Å². The van der Waals surface area contributed by atoms with Crippen molar-refractivity contribution in [3.63, 3.8) is 0 Å². The molecule has 2 aliphatic rings. The topological polar surface area (TPSA) is 46.5 Å². The fraction of sp³-hybridized carbons (Fsp3) is 0.417. The smallest absolute Gasteiger partial charge is 0.314 e. The summed E-state index contributed by atoms with van der Waals surface area (Å²) >= 11 is 6.02. The van der Waals surface area contributed by atoms with E-state index in [0.717, 1.165) is 23.3 Å². The molecule has 0 amide bonds. The molecule has 0 aromatic heterocycles. The predicted octanol–water partition coefficient (Wildman–Crippen LogP) is 2.39. The molecule has 3 nitrogen and oxygen atoms in total. The molecule has 4 heteroatoms. The van der Waals surface area contributed by atoms with E-state index in [1.807, 2.05) is 6.07 Å². The molecule has 84 valence electrons. The van der Waals surface area contributed by atoms with Crippen LogP contribution in [0.15, 0.2) is 12.1 Å². The number of hydrogen-bond acceptors (Lipinski definition) is 2. The van der Waals surface area contributed by atoms with Gasteiger partial charge in [0.25, 0.3) is 0 Å². The van der Waals surface area contributed by atoms with E-state index in [2.05, 4.69) is 0 Å². The number of benzene rings is 1. The zero-order valence-corrected chi connectivity index (χ0v) is 9.38. The van der Waals surface area contributed by atoms with Crippen LogP contribution in [0.3, 0.4) is 0 Å². The Bertz CT molecular complexity index is 477. The molecule has 16 heavy (non-hydrogen) atoms. The number of rotatable bonds is 2. The number of ether oxygens (including phenoxy) is 1. The molecule has 1 saturated carbocycles. The Balaban J connectivity index is 2.18. The summed E-state index contributed by atoms with van der Waals surface area (Å²) in [7, 11) is 0. The highest BCUT2D eigenvalue weighted by atomic mass is 35.5. The van der Waals surface area contributed by atoms with E-state index in [4.69, 9.17) is 16.3 Å². The van der Waals surface area contributed by atoms with E-state index in [9.17, 15) is 9.90 Å². The van der Waals surface area contributed by atoms with Crippen molar-refractivity contribution < 1.29 is 14.6 Å². The van der Waals surface area contributed by atoms with E-state index in [-0.39, 0.29) is 0 Å². The molecule has 0 saturated heterocycles. The van der Waals surface area contributed by atoms with Crippen molar-refractivity contribution in [2.75, 3.05) is 6.61 Å². The van der Waals surface area contributed by atoms with Crippen molar-refractivity contribution in [2.45, 2.75) is 24.7 Å². The molecule has 3 rings (SSSR count). The molecule has 1 fully saturated rings. The van der Waals surface area contributed by atoms with Gasteiger partial charge in [0.15, 0.2) is 0 Å². The number of hydrogen-bond donors (Lipinski definition) is 1. The van der Waals surface area contributed by atoms with Gasteiger partial charge >= 0.3 is 5.97 Å². The summed E-state index contributed by atoms with van der Waals surface area (Å²) in [5, 5.41) is 9.88. The number of carboxylic acids is 1. The zero-order valence-electron chi connectivity index (χ0n) is 8.62. The Morgan fingerprint density at radius 1 is 1.44 bits per heavy atom. The Labute approximate surface area is 98.0 Å². The van der Waals surface area contributed by atoms with Gasteiger partial charge in [0.2, 0.25) is 0 Å².